The molecule has 4 heterocycles. The van der Waals surface area contributed by atoms with E-state index in [2.05, 4.69) is 34.3 Å². The molecule has 2 fully saturated rings. The summed E-state index contributed by atoms with van der Waals surface area (Å²) in [5, 5.41) is 6.06. The van der Waals surface area contributed by atoms with Crippen molar-refractivity contribution >= 4 is 11.8 Å². The molecular weight excluding hydrogens is 348 g/mol. The fourth-order valence-electron chi connectivity index (χ4n) is 3.92. The number of carbonyl (C=O) groups excluding carboxylic acids is 2. The minimum atomic E-state index is -0.555. The highest BCUT2D eigenvalue weighted by Crippen LogP contribution is 2.35. The Kier molecular flexibility index (Phi) is 4.26. The molecule has 2 saturated heterocycles. The van der Waals surface area contributed by atoms with Gasteiger partial charge in [0.15, 0.2) is 12.1 Å². The van der Waals surface area contributed by atoms with Crippen LogP contribution in [0.2, 0.25) is 0 Å². The molecule has 4 rings (SSSR count). The first-order valence-corrected chi connectivity index (χ1v) is 9.18. The molecule has 0 aromatic carbocycles. The Morgan fingerprint density at radius 1 is 1.44 bits per heavy atom. The van der Waals surface area contributed by atoms with E-state index in [0.717, 1.165) is 18.7 Å². The Balaban J connectivity index is 1.51. The highest BCUT2D eigenvalue weighted by Gasteiger charge is 2.52. The molecule has 1 atom stereocenters. The summed E-state index contributed by atoms with van der Waals surface area (Å²) in [5.74, 6) is -0.0150. The highest BCUT2D eigenvalue weighted by molar-refractivity contribution is 5.97. The second-order valence-electron chi connectivity index (χ2n) is 7.68. The zero-order valence-corrected chi connectivity index (χ0v) is 15.8. The predicted octanol–water partition coefficient (Wildman–Crippen LogP) is 1.28. The van der Waals surface area contributed by atoms with E-state index in [0.29, 0.717) is 31.3 Å². The number of nitrogens with one attached hydrogen (secondary N) is 1. The van der Waals surface area contributed by atoms with Gasteiger partial charge in [0.1, 0.15) is 5.76 Å². The average Bonchev–Trinajstić information content (AvgIpc) is 3.37. The number of likely N-dealkylation sites (tertiary alicyclic amines) is 1. The minimum absolute atomic E-state index is 0.143. The number of aryl methyl sites for hydroxylation is 1. The second-order valence-corrected chi connectivity index (χ2v) is 7.68. The van der Waals surface area contributed by atoms with Crippen LogP contribution in [0.3, 0.4) is 0 Å². The van der Waals surface area contributed by atoms with Gasteiger partial charge in [-0.2, -0.15) is 5.10 Å². The molecule has 1 spiro atoms. The molecule has 1 N–H and O–H groups in total. The standard InChI is InChI=1S/C18H24N6O3/c1-12(2)23-6-4-14(20-23)9-22-7-5-18(10-22)8-15(25)21-24(18)17(26)16-13(3)27-11-19-16/h4,6,11-12H,5,7-10H2,1-3H3,(H,21,25). The van der Waals surface area contributed by atoms with Crippen molar-refractivity contribution in [2.45, 2.75) is 51.7 Å². The average molecular weight is 372 g/mol. The van der Waals surface area contributed by atoms with Crippen molar-refractivity contribution < 1.29 is 14.0 Å². The van der Waals surface area contributed by atoms with Crippen LogP contribution >= 0.6 is 0 Å². The first-order valence-electron chi connectivity index (χ1n) is 9.18. The van der Waals surface area contributed by atoms with Gasteiger partial charge < -0.3 is 4.42 Å². The first kappa shape index (κ1) is 17.7. The summed E-state index contributed by atoms with van der Waals surface area (Å²) in [6.07, 6.45) is 4.25. The lowest BCUT2D eigenvalue weighted by molar-refractivity contribution is -0.120. The van der Waals surface area contributed by atoms with E-state index in [-0.39, 0.29) is 17.5 Å². The van der Waals surface area contributed by atoms with Gasteiger partial charge in [-0.15, -0.1) is 0 Å². The van der Waals surface area contributed by atoms with Crippen molar-refractivity contribution in [3.05, 3.63) is 35.8 Å². The number of oxazole rings is 1. The smallest absolute Gasteiger partial charge is 0.295 e. The summed E-state index contributed by atoms with van der Waals surface area (Å²) in [4.78, 5) is 31.3. The maximum atomic E-state index is 12.9. The summed E-state index contributed by atoms with van der Waals surface area (Å²) >= 11 is 0. The summed E-state index contributed by atoms with van der Waals surface area (Å²) < 4.78 is 7.09. The van der Waals surface area contributed by atoms with Crippen LogP contribution in [0.1, 0.15) is 54.7 Å². The van der Waals surface area contributed by atoms with E-state index in [1.54, 1.807) is 6.92 Å². The predicted molar refractivity (Wildman–Crippen MR) is 95.4 cm³/mol. The molecule has 2 aromatic rings. The normalized spacial score (nSPS) is 23.0. The van der Waals surface area contributed by atoms with Crippen molar-refractivity contribution in [3.8, 4) is 0 Å². The van der Waals surface area contributed by atoms with E-state index in [9.17, 15) is 9.59 Å². The van der Waals surface area contributed by atoms with Crippen LogP contribution in [0.5, 0.6) is 0 Å². The molecule has 2 aromatic heterocycles. The second kappa shape index (κ2) is 6.49. The number of amides is 2. The van der Waals surface area contributed by atoms with Crippen LogP contribution in [0, 0.1) is 6.92 Å². The van der Waals surface area contributed by atoms with Crippen molar-refractivity contribution in [3.63, 3.8) is 0 Å². The van der Waals surface area contributed by atoms with Gasteiger partial charge in [0, 0.05) is 31.9 Å². The molecule has 0 saturated carbocycles. The SMILES string of the molecule is Cc1ocnc1C(=O)N1NC(=O)CC12CCN(Cc1ccn(C(C)C)n1)C2. The largest absolute Gasteiger partial charge is 0.448 e. The molecule has 2 aliphatic heterocycles. The van der Waals surface area contributed by atoms with E-state index in [4.69, 9.17) is 4.42 Å². The third-order valence-electron chi connectivity index (χ3n) is 5.34. The zero-order chi connectivity index (χ0) is 19.2. The lowest BCUT2D eigenvalue weighted by Crippen LogP contribution is -2.53. The molecule has 144 valence electrons. The van der Waals surface area contributed by atoms with Crippen LogP contribution in [0.4, 0.5) is 0 Å². The molecule has 9 nitrogen and oxygen atoms in total. The van der Waals surface area contributed by atoms with E-state index >= 15 is 0 Å². The summed E-state index contributed by atoms with van der Waals surface area (Å²) in [6, 6.07) is 2.34. The molecule has 0 radical (unpaired) electrons. The van der Waals surface area contributed by atoms with Crippen LogP contribution in [-0.2, 0) is 11.3 Å². The Morgan fingerprint density at radius 3 is 2.93 bits per heavy atom. The maximum Gasteiger partial charge on any atom is 0.295 e. The monoisotopic (exact) mass is 372 g/mol. The van der Waals surface area contributed by atoms with Crippen molar-refractivity contribution in [2.24, 2.45) is 0 Å². The Labute approximate surface area is 157 Å². The summed E-state index contributed by atoms with van der Waals surface area (Å²) in [5.41, 5.74) is 3.40. The zero-order valence-electron chi connectivity index (χ0n) is 15.8. The molecule has 1 unspecified atom stereocenters. The lowest BCUT2D eigenvalue weighted by Gasteiger charge is -2.32. The number of carbonyl (C=O) groups is 2. The number of hydrogen-bond acceptors (Lipinski definition) is 6. The molecule has 2 aliphatic rings. The molecule has 27 heavy (non-hydrogen) atoms. The van der Waals surface area contributed by atoms with Gasteiger partial charge in [-0.05, 0) is 33.3 Å². The Hall–Kier alpha value is -2.68. The van der Waals surface area contributed by atoms with Gasteiger partial charge in [0.2, 0.25) is 5.91 Å². The van der Waals surface area contributed by atoms with Gasteiger partial charge in [-0.1, -0.05) is 0 Å². The van der Waals surface area contributed by atoms with E-state index in [1.165, 1.54) is 11.4 Å². The summed E-state index contributed by atoms with van der Waals surface area (Å²) in [6.45, 7) is 7.98. The van der Waals surface area contributed by atoms with Gasteiger partial charge >= 0.3 is 0 Å². The van der Waals surface area contributed by atoms with Gasteiger partial charge in [-0.25, -0.2) is 9.99 Å². The van der Waals surface area contributed by atoms with Crippen LogP contribution in [0.25, 0.3) is 0 Å². The summed E-state index contributed by atoms with van der Waals surface area (Å²) in [7, 11) is 0. The number of hydrazine groups is 1. The van der Waals surface area contributed by atoms with Crippen molar-refractivity contribution in [1.29, 1.82) is 0 Å². The fraction of sp³-hybridized carbons (Fsp3) is 0.556. The van der Waals surface area contributed by atoms with Crippen LogP contribution in [0.15, 0.2) is 23.1 Å². The third kappa shape index (κ3) is 3.12. The molecule has 9 heteroatoms. The fourth-order valence-corrected chi connectivity index (χ4v) is 3.92. The lowest BCUT2D eigenvalue weighted by atomic mass is 9.94. The number of aromatic nitrogens is 3. The third-order valence-corrected chi connectivity index (χ3v) is 5.34. The topological polar surface area (TPSA) is 96.5 Å². The number of rotatable bonds is 4. The highest BCUT2D eigenvalue weighted by atomic mass is 16.3. The molecule has 0 aliphatic carbocycles. The quantitative estimate of drug-likeness (QED) is 0.869. The molecular formula is C18H24N6O3. The molecule has 0 bridgehead atoms. The van der Waals surface area contributed by atoms with Gasteiger partial charge in [-0.3, -0.25) is 24.6 Å². The van der Waals surface area contributed by atoms with E-state index in [1.807, 2.05) is 16.9 Å². The number of hydrogen-bond donors (Lipinski definition) is 1. The van der Waals surface area contributed by atoms with Gasteiger partial charge in [0.05, 0.1) is 17.7 Å². The maximum absolute atomic E-state index is 12.9. The minimum Gasteiger partial charge on any atom is -0.448 e. The Morgan fingerprint density at radius 2 is 2.26 bits per heavy atom. The van der Waals surface area contributed by atoms with Crippen molar-refractivity contribution in [2.75, 3.05) is 13.1 Å². The molecule has 2 amide bonds. The van der Waals surface area contributed by atoms with Gasteiger partial charge in [0.25, 0.3) is 5.91 Å². The van der Waals surface area contributed by atoms with Crippen LogP contribution in [-0.4, -0.2) is 55.1 Å². The van der Waals surface area contributed by atoms with Crippen molar-refractivity contribution in [1.82, 2.24) is 30.1 Å². The number of nitrogens with zero attached hydrogens (tertiary/aromatic N) is 5. The van der Waals surface area contributed by atoms with Crippen LogP contribution < -0.4 is 5.43 Å². The first-order chi connectivity index (χ1) is 12.9. The Bertz CT molecular complexity index is 872. The van der Waals surface area contributed by atoms with E-state index < -0.39 is 5.54 Å².